The molecule has 1 aliphatic rings. The van der Waals surface area contributed by atoms with E-state index >= 15 is 0 Å². The van der Waals surface area contributed by atoms with Gasteiger partial charge in [-0.15, -0.1) is 0 Å². The first-order valence-electron chi connectivity index (χ1n) is 6.30. The highest BCUT2D eigenvalue weighted by Gasteiger charge is 2.18. The zero-order valence-corrected chi connectivity index (χ0v) is 11.0. The van der Waals surface area contributed by atoms with Gasteiger partial charge in [-0.3, -0.25) is 4.79 Å². The van der Waals surface area contributed by atoms with E-state index in [0.29, 0.717) is 5.69 Å². The predicted molar refractivity (Wildman–Crippen MR) is 72.5 cm³/mol. The summed E-state index contributed by atoms with van der Waals surface area (Å²) in [6.07, 6.45) is 2.79. The summed E-state index contributed by atoms with van der Waals surface area (Å²) in [6, 6.07) is 1.94. The standard InChI is InChI=1S/C13H20N4O/c1-10-8-12(14)13(15-9-10)17-5-3-4-16(6-7-17)11(2)18/h8-9H,3-7,14H2,1-2H3. The van der Waals surface area contributed by atoms with Crippen LogP contribution >= 0.6 is 0 Å². The van der Waals surface area contributed by atoms with Gasteiger partial charge in [-0.1, -0.05) is 0 Å². The molecule has 1 amide bonds. The van der Waals surface area contributed by atoms with E-state index in [-0.39, 0.29) is 5.91 Å². The third kappa shape index (κ3) is 2.72. The highest BCUT2D eigenvalue weighted by atomic mass is 16.2. The Morgan fingerprint density at radius 3 is 2.78 bits per heavy atom. The highest BCUT2D eigenvalue weighted by Crippen LogP contribution is 2.22. The van der Waals surface area contributed by atoms with E-state index in [2.05, 4.69) is 9.88 Å². The van der Waals surface area contributed by atoms with E-state index in [4.69, 9.17) is 5.73 Å². The lowest BCUT2D eigenvalue weighted by Crippen LogP contribution is -2.34. The van der Waals surface area contributed by atoms with Gasteiger partial charge in [0, 0.05) is 39.3 Å². The Hall–Kier alpha value is -1.78. The number of nitrogen functional groups attached to an aromatic ring is 1. The van der Waals surface area contributed by atoms with E-state index in [9.17, 15) is 4.79 Å². The van der Waals surface area contributed by atoms with Gasteiger partial charge in [0.1, 0.15) is 0 Å². The van der Waals surface area contributed by atoms with Crippen LogP contribution in [-0.2, 0) is 4.79 Å². The molecule has 2 heterocycles. The number of nitrogens with two attached hydrogens (primary N) is 1. The summed E-state index contributed by atoms with van der Waals surface area (Å²) in [4.78, 5) is 19.8. The number of carbonyl (C=O) groups excluding carboxylic acids is 1. The van der Waals surface area contributed by atoms with Crippen molar-refractivity contribution in [1.29, 1.82) is 0 Å². The molecule has 18 heavy (non-hydrogen) atoms. The number of aryl methyl sites for hydroxylation is 1. The molecule has 98 valence electrons. The molecule has 5 nitrogen and oxygen atoms in total. The Morgan fingerprint density at radius 2 is 2.11 bits per heavy atom. The quantitative estimate of drug-likeness (QED) is 0.806. The maximum Gasteiger partial charge on any atom is 0.219 e. The second kappa shape index (κ2) is 5.25. The van der Waals surface area contributed by atoms with Crippen LogP contribution in [0.15, 0.2) is 12.3 Å². The Morgan fingerprint density at radius 1 is 1.33 bits per heavy atom. The number of anilines is 2. The van der Waals surface area contributed by atoms with Crippen LogP contribution in [0, 0.1) is 6.92 Å². The number of hydrogen-bond donors (Lipinski definition) is 1. The van der Waals surface area contributed by atoms with Gasteiger partial charge in [-0.25, -0.2) is 4.98 Å². The first-order valence-corrected chi connectivity index (χ1v) is 6.30. The molecule has 0 atom stereocenters. The molecule has 0 radical (unpaired) electrons. The zero-order valence-electron chi connectivity index (χ0n) is 11.0. The minimum absolute atomic E-state index is 0.140. The number of hydrogen-bond acceptors (Lipinski definition) is 4. The molecule has 5 heteroatoms. The van der Waals surface area contributed by atoms with Crippen molar-refractivity contribution >= 4 is 17.4 Å². The summed E-state index contributed by atoms with van der Waals surface area (Å²) in [5.74, 6) is 0.979. The Kier molecular flexibility index (Phi) is 3.69. The molecular weight excluding hydrogens is 228 g/mol. The van der Waals surface area contributed by atoms with Crippen LogP contribution in [0.5, 0.6) is 0 Å². The normalized spacial score (nSPS) is 16.6. The van der Waals surface area contributed by atoms with Crippen LogP contribution in [0.3, 0.4) is 0 Å². The van der Waals surface area contributed by atoms with Crippen LogP contribution in [0.1, 0.15) is 18.9 Å². The van der Waals surface area contributed by atoms with Crippen LogP contribution in [0.25, 0.3) is 0 Å². The lowest BCUT2D eigenvalue weighted by molar-refractivity contribution is -0.128. The van der Waals surface area contributed by atoms with Crippen LogP contribution in [0.4, 0.5) is 11.5 Å². The van der Waals surface area contributed by atoms with Crippen LogP contribution in [0.2, 0.25) is 0 Å². The number of carbonyl (C=O) groups is 1. The molecule has 0 unspecified atom stereocenters. The van der Waals surface area contributed by atoms with Gasteiger partial charge >= 0.3 is 0 Å². The maximum absolute atomic E-state index is 11.4. The van der Waals surface area contributed by atoms with E-state index < -0.39 is 0 Å². The molecule has 2 rings (SSSR count). The molecule has 1 aromatic rings. The van der Waals surface area contributed by atoms with Crippen molar-refractivity contribution in [2.75, 3.05) is 36.8 Å². The third-order valence-electron chi connectivity index (χ3n) is 3.27. The van der Waals surface area contributed by atoms with Gasteiger partial charge in [0.05, 0.1) is 5.69 Å². The fraction of sp³-hybridized carbons (Fsp3) is 0.538. The van der Waals surface area contributed by atoms with Crippen molar-refractivity contribution < 1.29 is 4.79 Å². The summed E-state index contributed by atoms with van der Waals surface area (Å²) in [5.41, 5.74) is 7.79. The second-order valence-electron chi connectivity index (χ2n) is 4.77. The summed E-state index contributed by atoms with van der Waals surface area (Å²) in [7, 11) is 0. The van der Waals surface area contributed by atoms with Gasteiger partial charge in [-0.2, -0.15) is 0 Å². The van der Waals surface area contributed by atoms with Gasteiger partial charge in [0.25, 0.3) is 0 Å². The number of aromatic nitrogens is 1. The molecule has 0 saturated carbocycles. The van der Waals surface area contributed by atoms with Gasteiger partial charge in [0.15, 0.2) is 5.82 Å². The van der Waals surface area contributed by atoms with Gasteiger partial charge in [0.2, 0.25) is 5.91 Å². The molecule has 2 N–H and O–H groups in total. The van der Waals surface area contributed by atoms with E-state index in [1.54, 1.807) is 6.92 Å². The average molecular weight is 248 g/mol. The summed E-state index contributed by atoms with van der Waals surface area (Å²) in [5, 5.41) is 0. The Balaban J connectivity index is 2.12. The number of nitrogens with zero attached hydrogens (tertiary/aromatic N) is 3. The van der Waals surface area contributed by atoms with Crippen molar-refractivity contribution in [2.24, 2.45) is 0 Å². The fourth-order valence-electron chi connectivity index (χ4n) is 2.29. The second-order valence-corrected chi connectivity index (χ2v) is 4.77. The zero-order chi connectivity index (χ0) is 13.1. The molecule has 0 spiro atoms. The van der Waals surface area contributed by atoms with Crippen molar-refractivity contribution in [2.45, 2.75) is 20.3 Å². The first-order chi connectivity index (χ1) is 8.58. The van der Waals surface area contributed by atoms with Gasteiger partial charge in [-0.05, 0) is 25.0 Å². The lowest BCUT2D eigenvalue weighted by Gasteiger charge is -2.23. The molecule has 0 bridgehead atoms. The minimum Gasteiger partial charge on any atom is -0.396 e. The van der Waals surface area contributed by atoms with Crippen molar-refractivity contribution in [1.82, 2.24) is 9.88 Å². The van der Waals surface area contributed by atoms with Crippen molar-refractivity contribution in [3.8, 4) is 0 Å². The monoisotopic (exact) mass is 248 g/mol. The smallest absolute Gasteiger partial charge is 0.219 e. The molecule has 1 aliphatic heterocycles. The topological polar surface area (TPSA) is 62.5 Å². The van der Waals surface area contributed by atoms with E-state index in [1.807, 2.05) is 24.1 Å². The number of pyridine rings is 1. The minimum atomic E-state index is 0.140. The highest BCUT2D eigenvalue weighted by molar-refractivity contribution is 5.73. The maximum atomic E-state index is 11.4. The lowest BCUT2D eigenvalue weighted by atomic mass is 10.2. The van der Waals surface area contributed by atoms with Crippen molar-refractivity contribution in [3.63, 3.8) is 0 Å². The van der Waals surface area contributed by atoms with Gasteiger partial charge < -0.3 is 15.5 Å². The summed E-state index contributed by atoms with van der Waals surface area (Å²) >= 11 is 0. The Bertz CT molecular complexity index is 447. The SMILES string of the molecule is CC(=O)N1CCCN(c2ncc(C)cc2N)CC1. The van der Waals surface area contributed by atoms with E-state index in [1.165, 1.54) is 0 Å². The van der Waals surface area contributed by atoms with Crippen LogP contribution in [-0.4, -0.2) is 42.0 Å². The molecule has 1 saturated heterocycles. The first kappa shape index (κ1) is 12.7. The number of amides is 1. The Labute approximate surface area is 108 Å². The fourth-order valence-corrected chi connectivity index (χ4v) is 2.29. The van der Waals surface area contributed by atoms with Crippen molar-refractivity contribution in [3.05, 3.63) is 17.8 Å². The molecule has 1 fully saturated rings. The molecule has 0 aliphatic carbocycles. The predicted octanol–water partition coefficient (Wildman–Crippen LogP) is 1.03. The molecule has 1 aromatic heterocycles. The number of rotatable bonds is 1. The van der Waals surface area contributed by atoms with Crippen LogP contribution < -0.4 is 10.6 Å². The largest absolute Gasteiger partial charge is 0.396 e. The summed E-state index contributed by atoms with van der Waals surface area (Å²) in [6.45, 7) is 6.84. The van der Waals surface area contributed by atoms with E-state index in [0.717, 1.165) is 44.0 Å². The third-order valence-corrected chi connectivity index (χ3v) is 3.27. The molecule has 0 aromatic carbocycles. The average Bonchev–Trinajstić information content (AvgIpc) is 2.54. The summed E-state index contributed by atoms with van der Waals surface area (Å²) < 4.78 is 0. The molecular formula is C13H20N4O.